The first-order valence-electron chi connectivity index (χ1n) is 8.70. The summed E-state index contributed by atoms with van der Waals surface area (Å²) in [6.07, 6.45) is 3.46. The number of hydrogen-bond acceptors (Lipinski definition) is 4. The van der Waals surface area contributed by atoms with Crippen LogP contribution < -0.4 is 5.32 Å². The molecule has 1 saturated heterocycles. The molecule has 0 bridgehead atoms. The van der Waals surface area contributed by atoms with Gasteiger partial charge in [0.2, 0.25) is 10.0 Å². The first kappa shape index (κ1) is 18.5. The number of piperidine rings is 1. The van der Waals surface area contributed by atoms with E-state index in [2.05, 4.69) is 17.2 Å². The molecule has 0 radical (unpaired) electrons. The van der Waals surface area contributed by atoms with Crippen molar-refractivity contribution in [3.8, 4) is 0 Å². The van der Waals surface area contributed by atoms with Crippen LogP contribution in [0.15, 0.2) is 47.5 Å². The Labute approximate surface area is 154 Å². The Hall–Kier alpha value is -2.25. The molecule has 26 heavy (non-hydrogen) atoms. The minimum Gasteiger partial charge on any atom is -0.322 e. The summed E-state index contributed by atoms with van der Waals surface area (Å²) in [5.41, 5.74) is 1.83. The number of sulfonamides is 1. The lowest BCUT2D eigenvalue weighted by Crippen LogP contribution is -2.39. The highest BCUT2D eigenvalue weighted by molar-refractivity contribution is 7.89. The number of nitrogens with zero attached hydrogens (tertiary/aromatic N) is 2. The molecule has 0 saturated carbocycles. The fourth-order valence-electron chi connectivity index (χ4n) is 3.03. The summed E-state index contributed by atoms with van der Waals surface area (Å²) < 4.78 is 27.0. The Kier molecular flexibility index (Phi) is 5.38. The van der Waals surface area contributed by atoms with Crippen LogP contribution in [0, 0.1) is 12.8 Å². The van der Waals surface area contributed by atoms with Crippen molar-refractivity contribution in [1.82, 2.24) is 9.29 Å². The number of carbonyl (C=O) groups excluding carboxylic acids is 1. The maximum Gasteiger partial charge on any atom is 0.257 e. The molecule has 1 aromatic heterocycles. The zero-order chi connectivity index (χ0) is 18.7. The van der Waals surface area contributed by atoms with Crippen LogP contribution in [0.3, 0.4) is 0 Å². The Bertz CT molecular complexity index is 877. The van der Waals surface area contributed by atoms with Gasteiger partial charge in [0.25, 0.3) is 5.91 Å². The van der Waals surface area contributed by atoms with Crippen LogP contribution in [0.1, 0.15) is 35.8 Å². The quantitative estimate of drug-likeness (QED) is 0.893. The highest BCUT2D eigenvalue weighted by Crippen LogP contribution is 2.24. The van der Waals surface area contributed by atoms with Crippen LogP contribution >= 0.6 is 0 Å². The number of hydrogen-bond donors (Lipinski definition) is 1. The molecule has 6 nitrogen and oxygen atoms in total. The highest BCUT2D eigenvalue weighted by atomic mass is 32.2. The van der Waals surface area contributed by atoms with Crippen LogP contribution in [-0.4, -0.2) is 36.7 Å². The van der Waals surface area contributed by atoms with E-state index in [0.29, 0.717) is 30.3 Å². The summed E-state index contributed by atoms with van der Waals surface area (Å²) >= 11 is 0. The van der Waals surface area contributed by atoms with E-state index in [1.807, 2.05) is 6.92 Å². The van der Waals surface area contributed by atoms with Crippen molar-refractivity contribution in [2.24, 2.45) is 5.92 Å². The normalized spacial score (nSPS) is 18.5. The third-order valence-electron chi connectivity index (χ3n) is 4.54. The predicted molar refractivity (Wildman–Crippen MR) is 101 cm³/mol. The maximum absolute atomic E-state index is 12.7. The van der Waals surface area contributed by atoms with Crippen molar-refractivity contribution >= 4 is 21.6 Å². The first-order chi connectivity index (χ1) is 12.4. The van der Waals surface area contributed by atoms with Crippen molar-refractivity contribution in [2.45, 2.75) is 31.6 Å². The Morgan fingerprint density at radius 1 is 1.19 bits per heavy atom. The van der Waals surface area contributed by atoms with Gasteiger partial charge in [-0.05, 0) is 62.1 Å². The molecule has 1 aliphatic rings. The smallest absolute Gasteiger partial charge is 0.257 e. The van der Waals surface area contributed by atoms with E-state index < -0.39 is 10.0 Å². The molecule has 1 atom stereocenters. The fraction of sp³-hybridized carbons (Fsp3) is 0.368. The average molecular weight is 373 g/mol. The molecule has 1 amide bonds. The number of anilines is 1. The summed E-state index contributed by atoms with van der Waals surface area (Å²) in [5.74, 6) is 0.0955. The lowest BCUT2D eigenvalue weighted by atomic mass is 10.0. The third kappa shape index (κ3) is 4.11. The maximum atomic E-state index is 12.7. The largest absolute Gasteiger partial charge is 0.322 e. The van der Waals surface area contributed by atoms with Crippen LogP contribution in [0.5, 0.6) is 0 Å². The molecule has 2 aromatic rings. The molecule has 138 valence electrons. The summed E-state index contributed by atoms with van der Waals surface area (Å²) in [6.45, 7) is 5.04. The van der Waals surface area contributed by atoms with E-state index in [0.717, 1.165) is 18.5 Å². The Morgan fingerprint density at radius 3 is 2.54 bits per heavy atom. The number of rotatable bonds is 4. The standard InChI is InChI=1S/C19H23N3O3S/c1-14-4-3-11-22(13-14)26(24,25)18-9-7-17(8-10-18)21-19(23)16-6-5-15(2)20-12-16/h5-10,12,14H,3-4,11,13H2,1-2H3,(H,21,23). The number of pyridine rings is 1. The van der Waals surface area contributed by atoms with Crippen LogP contribution in [0.25, 0.3) is 0 Å². The van der Waals surface area contributed by atoms with Crippen LogP contribution in [0.2, 0.25) is 0 Å². The van der Waals surface area contributed by atoms with E-state index in [1.54, 1.807) is 28.6 Å². The number of aromatic nitrogens is 1. The van der Waals surface area contributed by atoms with Crippen molar-refractivity contribution < 1.29 is 13.2 Å². The van der Waals surface area contributed by atoms with E-state index >= 15 is 0 Å². The zero-order valence-corrected chi connectivity index (χ0v) is 15.8. The van der Waals surface area contributed by atoms with Gasteiger partial charge in [0.1, 0.15) is 0 Å². The molecular formula is C19H23N3O3S. The zero-order valence-electron chi connectivity index (χ0n) is 15.0. The predicted octanol–water partition coefficient (Wildman–Crippen LogP) is 3.06. The lowest BCUT2D eigenvalue weighted by molar-refractivity contribution is 0.102. The van der Waals surface area contributed by atoms with Gasteiger partial charge in [0.15, 0.2) is 0 Å². The fourth-order valence-corrected chi connectivity index (χ4v) is 4.63. The molecule has 2 heterocycles. The molecule has 0 aliphatic carbocycles. The minimum absolute atomic E-state index is 0.251. The SMILES string of the molecule is Cc1ccc(C(=O)Nc2ccc(S(=O)(=O)N3CCCC(C)C3)cc2)cn1. The molecule has 1 aromatic carbocycles. The molecule has 1 unspecified atom stereocenters. The summed E-state index contributed by atoms with van der Waals surface area (Å²) in [5, 5.41) is 2.76. The molecule has 3 rings (SSSR count). The lowest BCUT2D eigenvalue weighted by Gasteiger charge is -2.30. The number of amides is 1. The molecule has 0 spiro atoms. The van der Waals surface area contributed by atoms with Crippen molar-refractivity contribution in [1.29, 1.82) is 0 Å². The van der Waals surface area contributed by atoms with Gasteiger partial charge < -0.3 is 5.32 Å². The van der Waals surface area contributed by atoms with Gasteiger partial charge in [-0.1, -0.05) is 6.92 Å². The van der Waals surface area contributed by atoms with Gasteiger partial charge in [0, 0.05) is 30.7 Å². The number of carbonyl (C=O) groups is 1. The number of nitrogens with one attached hydrogen (secondary N) is 1. The second-order valence-electron chi connectivity index (χ2n) is 6.78. The van der Waals surface area contributed by atoms with E-state index in [-0.39, 0.29) is 10.8 Å². The molecule has 1 aliphatic heterocycles. The van der Waals surface area contributed by atoms with E-state index in [9.17, 15) is 13.2 Å². The number of benzene rings is 1. The second-order valence-corrected chi connectivity index (χ2v) is 8.72. The monoisotopic (exact) mass is 373 g/mol. The molecular weight excluding hydrogens is 350 g/mol. The Morgan fingerprint density at radius 2 is 1.92 bits per heavy atom. The van der Waals surface area contributed by atoms with E-state index in [4.69, 9.17) is 0 Å². The van der Waals surface area contributed by atoms with E-state index in [1.165, 1.54) is 18.3 Å². The van der Waals surface area contributed by atoms with Crippen LogP contribution in [-0.2, 0) is 10.0 Å². The summed E-state index contributed by atoms with van der Waals surface area (Å²) in [7, 11) is -3.49. The van der Waals surface area contributed by atoms with Gasteiger partial charge in [0.05, 0.1) is 10.5 Å². The van der Waals surface area contributed by atoms with Crippen molar-refractivity contribution in [3.05, 3.63) is 53.9 Å². The third-order valence-corrected chi connectivity index (χ3v) is 6.42. The first-order valence-corrected chi connectivity index (χ1v) is 10.1. The van der Waals surface area contributed by atoms with Crippen molar-refractivity contribution in [3.63, 3.8) is 0 Å². The highest BCUT2D eigenvalue weighted by Gasteiger charge is 2.28. The Balaban J connectivity index is 1.71. The van der Waals surface area contributed by atoms with Gasteiger partial charge in [-0.2, -0.15) is 4.31 Å². The van der Waals surface area contributed by atoms with Gasteiger partial charge in [-0.15, -0.1) is 0 Å². The van der Waals surface area contributed by atoms with Crippen LogP contribution in [0.4, 0.5) is 5.69 Å². The van der Waals surface area contributed by atoms with Crippen molar-refractivity contribution in [2.75, 3.05) is 18.4 Å². The average Bonchev–Trinajstić information content (AvgIpc) is 2.62. The number of aryl methyl sites for hydroxylation is 1. The molecule has 1 fully saturated rings. The molecule has 1 N–H and O–H groups in total. The summed E-state index contributed by atoms with van der Waals surface area (Å²) in [6, 6.07) is 9.77. The second kappa shape index (κ2) is 7.55. The molecule has 7 heteroatoms. The van der Waals surface area contributed by atoms with Gasteiger partial charge in [-0.25, -0.2) is 8.42 Å². The topological polar surface area (TPSA) is 79.4 Å². The summed E-state index contributed by atoms with van der Waals surface area (Å²) in [4.78, 5) is 16.6. The van der Waals surface area contributed by atoms with Gasteiger partial charge in [-0.3, -0.25) is 9.78 Å². The van der Waals surface area contributed by atoms with Gasteiger partial charge >= 0.3 is 0 Å². The minimum atomic E-state index is -3.49.